The number of rotatable bonds is 4. The number of aromatic nitrogens is 1. The van der Waals surface area contributed by atoms with Crippen LogP contribution in [0.1, 0.15) is 12.0 Å². The monoisotopic (exact) mass is 341 g/mol. The number of anilines is 2. The fourth-order valence-corrected chi connectivity index (χ4v) is 2.87. The van der Waals surface area contributed by atoms with Crippen molar-refractivity contribution >= 4 is 23.2 Å². The molecule has 0 bridgehead atoms. The number of carbonyl (C=O) groups excluding carboxylic acids is 1. The molecule has 0 radical (unpaired) electrons. The van der Waals surface area contributed by atoms with Gasteiger partial charge < -0.3 is 15.5 Å². The Hall–Kier alpha value is -3.16. The summed E-state index contributed by atoms with van der Waals surface area (Å²) in [5.74, 6) is 0.901. The molecule has 1 aromatic heterocycles. The fourth-order valence-electron chi connectivity index (χ4n) is 2.87. The first-order valence-electron chi connectivity index (χ1n) is 8.01. The first-order chi connectivity index (χ1) is 12.0. The van der Waals surface area contributed by atoms with E-state index >= 15 is 0 Å². The highest BCUT2D eigenvalue weighted by atomic mass is 16.6. The minimum Gasteiger partial charge on any atom is -0.354 e. The van der Waals surface area contributed by atoms with Crippen LogP contribution < -0.4 is 15.5 Å². The highest BCUT2D eigenvalue weighted by Crippen LogP contribution is 2.21. The number of carbonyl (C=O) groups is 1. The molecule has 0 saturated carbocycles. The summed E-state index contributed by atoms with van der Waals surface area (Å²) >= 11 is 0. The number of hydrogen-bond donors (Lipinski definition) is 2. The topological polar surface area (TPSA) is 100 Å². The van der Waals surface area contributed by atoms with Gasteiger partial charge in [-0.25, -0.2) is 9.78 Å². The molecule has 1 aliphatic rings. The van der Waals surface area contributed by atoms with Gasteiger partial charge in [0.1, 0.15) is 5.82 Å². The smallest absolute Gasteiger partial charge is 0.319 e. The first kappa shape index (κ1) is 16.7. The number of pyridine rings is 1. The molecule has 1 saturated heterocycles. The number of hydrogen-bond acceptors (Lipinski definition) is 5. The molecule has 8 heteroatoms. The maximum atomic E-state index is 12.2. The van der Waals surface area contributed by atoms with Crippen molar-refractivity contribution in [1.29, 1.82) is 0 Å². The second kappa shape index (κ2) is 7.16. The summed E-state index contributed by atoms with van der Waals surface area (Å²) in [5, 5.41) is 16.5. The van der Waals surface area contributed by atoms with Gasteiger partial charge in [-0.05, 0) is 37.1 Å². The summed E-state index contributed by atoms with van der Waals surface area (Å²) in [4.78, 5) is 28.9. The van der Waals surface area contributed by atoms with Crippen LogP contribution in [-0.4, -0.2) is 35.1 Å². The van der Waals surface area contributed by atoms with Gasteiger partial charge in [0.15, 0.2) is 0 Å². The van der Waals surface area contributed by atoms with Gasteiger partial charge in [0.05, 0.1) is 4.92 Å². The third-order valence-electron chi connectivity index (χ3n) is 4.17. The zero-order valence-electron chi connectivity index (χ0n) is 13.8. The molecule has 0 unspecified atom stereocenters. The molecule has 8 nitrogen and oxygen atoms in total. The molecule has 2 N–H and O–H groups in total. The van der Waals surface area contributed by atoms with Crippen LogP contribution in [-0.2, 0) is 0 Å². The van der Waals surface area contributed by atoms with Crippen molar-refractivity contribution in [2.24, 2.45) is 0 Å². The molecule has 0 spiro atoms. The Morgan fingerprint density at radius 1 is 1.36 bits per heavy atom. The molecule has 0 aliphatic carbocycles. The molecule has 1 aliphatic heterocycles. The number of nitrogens with one attached hydrogen (secondary N) is 2. The zero-order valence-corrected chi connectivity index (χ0v) is 13.8. The number of nitrogens with zero attached hydrogens (tertiary/aromatic N) is 3. The van der Waals surface area contributed by atoms with E-state index in [9.17, 15) is 14.9 Å². The van der Waals surface area contributed by atoms with Gasteiger partial charge in [0, 0.05) is 43.1 Å². The molecule has 1 aromatic carbocycles. The lowest BCUT2D eigenvalue weighted by atomic mass is 10.2. The van der Waals surface area contributed by atoms with Crippen molar-refractivity contribution in [3.63, 3.8) is 0 Å². The number of amides is 2. The normalized spacial score (nSPS) is 16.5. The zero-order chi connectivity index (χ0) is 17.8. The van der Waals surface area contributed by atoms with Gasteiger partial charge in [-0.1, -0.05) is 6.07 Å². The molecule has 2 heterocycles. The predicted octanol–water partition coefficient (Wildman–Crippen LogP) is 2.70. The van der Waals surface area contributed by atoms with Gasteiger partial charge in [0.25, 0.3) is 5.69 Å². The summed E-state index contributed by atoms with van der Waals surface area (Å²) in [6.07, 6.45) is 2.59. The Labute approximate surface area is 145 Å². The van der Waals surface area contributed by atoms with Crippen LogP contribution in [0.4, 0.5) is 22.0 Å². The van der Waals surface area contributed by atoms with E-state index in [1.54, 1.807) is 19.2 Å². The van der Waals surface area contributed by atoms with Crippen LogP contribution in [0.25, 0.3) is 0 Å². The maximum absolute atomic E-state index is 12.2. The van der Waals surface area contributed by atoms with E-state index in [4.69, 9.17) is 0 Å². The predicted molar refractivity (Wildman–Crippen MR) is 94.8 cm³/mol. The molecule has 2 aromatic rings. The van der Waals surface area contributed by atoms with Crippen LogP contribution in [0.2, 0.25) is 0 Å². The Morgan fingerprint density at radius 3 is 2.88 bits per heavy atom. The summed E-state index contributed by atoms with van der Waals surface area (Å²) < 4.78 is 0. The number of benzene rings is 1. The third-order valence-corrected chi connectivity index (χ3v) is 4.17. The second-order valence-corrected chi connectivity index (χ2v) is 5.97. The minimum absolute atomic E-state index is 0.00486. The van der Waals surface area contributed by atoms with E-state index in [1.807, 2.05) is 18.2 Å². The molecule has 2 amide bonds. The number of urea groups is 1. The Bertz CT molecular complexity index is 781. The van der Waals surface area contributed by atoms with Gasteiger partial charge in [-0.2, -0.15) is 0 Å². The third kappa shape index (κ3) is 4.03. The average Bonchev–Trinajstić information content (AvgIpc) is 3.05. The molecule has 1 fully saturated rings. The average molecular weight is 341 g/mol. The van der Waals surface area contributed by atoms with Crippen molar-refractivity contribution in [3.8, 4) is 0 Å². The molecular formula is C17H19N5O3. The number of non-ortho nitro benzene ring substituents is 1. The maximum Gasteiger partial charge on any atom is 0.319 e. The van der Waals surface area contributed by atoms with Gasteiger partial charge >= 0.3 is 6.03 Å². The molecule has 3 rings (SSSR count). The highest BCUT2D eigenvalue weighted by Gasteiger charge is 2.24. The van der Waals surface area contributed by atoms with Crippen LogP contribution in [0, 0.1) is 17.0 Å². The minimum atomic E-state index is -0.457. The van der Waals surface area contributed by atoms with Crippen molar-refractivity contribution in [1.82, 2.24) is 10.3 Å². The van der Waals surface area contributed by atoms with Gasteiger partial charge in [-0.15, -0.1) is 0 Å². The van der Waals surface area contributed by atoms with E-state index in [0.29, 0.717) is 17.8 Å². The lowest BCUT2D eigenvalue weighted by molar-refractivity contribution is -0.384. The fraction of sp³-hybridized carbons (Fsp3) is 0.294. The molecular weight excluding hydrogens is 322 g/mol. The van der Waals surface area contributed by atoms with E-state index in [2.05, 4.69) is 20.5 Å². The van der Waals surface area contributed by atoms with Gasteiger partial charge in [0.2, 0.25) is 0 Å². The molecule has 130 valence electrons. The Kier molecular flexibility index (Phi) is 4.78. The molecule has 1 atom stereocenters. The van der Waals surface area contributed by atoms with Crippen molar-refractivity contribution < 1.29 is 9.72 Å². The van der Waals surface area contributed by atoms with Crippen LogP contribution >= 0.6 is 0 Å². The number of nitro benzene ring substituents is 1. The van der Waals surface area contributed by atoms with Crippen LogP contribution in [0.5, 0.6) is 0 Å². The lowest BCUT2D eigenvalue weighted by Gasteiger charge is -2.18. The van der Waals surface area contributed by atoms with Crippen LogP contribution in [0.15, 0.2) is 42.6 Å². The van der Waals surface area contributed by atoms with E-state index in [1.165, 1.54) is 12.1 Å². The number of aryl methyl sites for hydroxylation is 1. The lowest BCUT2D eigenvalue weighted by Crippen LogP contribution is -2.39. The van der Waals surface area contributed by atoms with E-state index in [0.717, 1.165) is 18.8 Å². The number of nitro groups is 1. The van der Waals surface area contributed by atoms with Crippen molar-refractivity contribution in [2.75, 3.05) is 23.3 Å². The van der Waals surface area contributed by atoms with E-state index in [-0.39, 0.29) is 17.8 Å². The summed E-state index contributed by atoms with van der Waals surface area (Å²) in [6, 6.07) is 9.83. The standard InChI is InChI=1S/C17H19N5O3/c1-12-10-14(22(24)25)5-6-15(12)20-17(23)19-13-7-9-21(11-13)16-4-2-3-8-18-16/h2-6,8,10,13H,7,9,11H2,1H3,(H2,19,20,23)/t13-/m0/s1. The largest absolute Gasteiger partial charge is 0.354 e. The van der Waals surface area contributed by atoms with Gasteiger partial charge in [-0.3, -0.25) is 10.1 Å². The second-order valence-electron chi connectivity index (χ2n) is 5.97. The first-order valence-corrected chi connectivity index (χ1v) is 8.01. The van der Waals surface area contributed by atoms with Crippen molar-refractivity contribution in [2.45, 2.75) is 19.4 Å². The van der Waals surface area contributed by atoms with E-state index < -0.39 is 4.92 Å². The van der Waals surface area contributed by atoms with Crippen LogP contribution in [0.3, 0.4) is 0 Å². The van der Waals surface area contributed by atoms with Crippen molar-refractivity contribution in [3.05, 3.63) is 58.3 Å². The summed E-state index contributed by atoms with van der Waals surface area (Å²) in [7, 11) is 0. The Balaban J connectivity index is 1.56. The molecule has 25 heavy (non-hydrogen) atoms. The highest BCUT2D eigenvalue weighted by molar-refractivity contribution is 5.90. The summed E-state index contributed by atoms with van der Waals surface area (Å²) in [6.45, 7) is 3.25. The quantitative estimate of drug-likeness (QED) is 0.658. The summed E-state index contributed by atoms with van der Waals surface area (Å²) in [5.41, 5.74) is 1.21. The SMILES string of the molecule is Cc1cc([N+](=O)[O-])ccc1NC(=O)N[C@H]1CCN(c2ccccn2)C1. The Morgan fingerprint density at radius 2 is 2.20 bits per heavy atom.